The molecule has 2 aromatic carbocycles. The zero-order valence-electron chi connectivity index (χ0n) is 15.4. The average Bonchev–Trinajstić information content (AvgIpc) is 3.24. The van der Waals surface area contributed by atoms with Crippen molar-refractivity contribution in [2.75, 3.05) is 17.2 Å². The van der Waals surface area contributed by atoms with Gasteiger partial charge < -0.3 is 19.8 Å². The predicted molar refractivity (Wildman–Crippen MR) is 111 cm³/mol. The number of aryl methyl sites for hydroxylation is 1. The SMILES string of the molecule is Cc1ccc(C(=O)OCC(=O)Nc2ccc(Br)cc2)cc1NC(=O)c1ccco1. The number of halogens is 1. The van der Waals surface area contributed by atoms with Gasteiger partial charge >= 0.3 is 5.97 Å². The van der Waals surface area contributed by atoms with Crippen molar-refractivity contribution in [1.82, 2.24) is 0 Å². The number of esters is 1. The number of benzene rings is 2. The van der Waals surface area contributed by atoms with E-state index in [0.717, 1.165) is 10.0 Å². The summed E-state index contributed by atoms with van der Waals surface area (Å²) >= 11 is 3.31. The van der Waals surface area contributed by atoms with Crippen molar-refractivity contribution < 1.29 is 23.5 Å². The third-order valence-corrected chi connectivity index (χ3v) is 4.46. The predicted octanol–water partition coefficient (Wildman–Crippen LogP) is 4.40. The minimum atomic E-state index is -0.676. The zero-order chi connectivity index (χ0) is 20.8. The quantitative estimate of drug-likeness (QED) is 0.535. The van der Waals surface area contributed by atoms with Crippen LogP contribution in [0.4, 0.5) is 11.4 Å². The lowest BCUT2D eigenvalue weighted by Gasteiger charge is -2.10. The van der Waals surface area contributed by atoms with Crippen LogP contribution in [0, 0.1) is 6.92 Å². The number of hydrogen-bond acceptors (Lipinski definition) is 5. The van der Waals surface area contributed by atoms with Gasteiger partial charge in [-0.05, 0) is 61.0 Å². The Hall–Kier alpha value is -3.39. The number of rotatable bonds is 6. The summed E-state index contributed by atoms with van der Waals surface area (Å²) in [4.78, 5) is 36.4. The van der Waals surface area contributed by atoms with E-state index in [0.29, 0.717) is 11.4 Å². The van der Waals surface area contributed by atoms with Gasteiger partial charge in [0.15, 0.2) is 12.4 Å². The molecule has 0 fully saturated rings. The molecule has 2 amide bonds. The third-order valence-electron chi connectivity index (χ3n) is 3.93. The van der Waals surface area contributed by atoms with Crippen LogP contribution >= 0.6 is 15.9 Å². The highest BCUT2D eigenvalue weighted by atomic mass is 79.9. The van der Waals surface area contributed by atoms with E-state index < -0.39 is 24.4 Å². The van der Waals surface area contributed by atoms with Gasteiger partial charge in [0, 0.05) is 15.8 Å². The molecule has 8 heteroatoms. The fourth-order valence-electron chi connectivity index (χ4n) is 2.42. The number of hydrogen-bond donors (Lipinski definition) is 2. The summed E-state index contributed by atoms with van der Waals surface area (Å²) in [5.74, 6) is -1.41. The van der Waals surface area contributed by atoms with Gasteiger partial charge in [0.2, 0.25) is 0 Å². The first kappa shape index (κ1) is 20.3. The summed E-state index contributed by atoms with van der Waals surface area (Å²) < 4.78 is 11.0. The largest absolute Gasteiger partial charge is 0.459 e. The number of furan rings is 1. The van der Waals surface area contributed by atoms with E-state index in [1.165, 1.54) is 18.4 Å². The molecule has 0 aliphatic rings. The van der Waals surface area contributed by atoms with Crippen molar-refractivity contribution in [2.24, 2.45) is 0 Å². The van der Waals surface area contributed by atoms with Crippen molar-refractivity contribution in [3.8, 4) is 0 Å². The van der Waals surface area contributed by atoms with Crippen molar-refractivity contribution >= 4 is 45.1 Å². The lowest BCUT2D eigenvalue weighted by Crippen LogP contribution is -2.21. The van der Waals surface area contributed by atoms with E-state index in [-0.39, 0.29) is 11.3 Å². The van der Waals surface area contributed by atoms with E-state index in [4.69, 9.17) is 9.15 Å². The molecule has 2 N–H and O–H groups in total. The van der Waals surface area contributed by atoms with Crippen LogP contribution in [0.2, 0.25) is 0 Å². The first-order chi connectivity index (χ1) is 13.9. The van der Waals surface area contributed by atoms with Gasteiger partial charge in [-0.15, -0.1) is 0 Å². The highest BCUT2D eigenvalue weighted by Gasteiger charge is 2.15. The molecule has 0 bridgehead atoms. The fourth-order valence-corrected chi connectivity index (χ4v) is 2.68. The van der Waals surface area contributed by atoms with Crippen molar-refractivity contribution in [1.29, 1.82) is 0 Å². The number of amides is 2. The van der Waals surface area contributed by atoms with Crippen molar-refractivity contribution in [3.63, 3.8) is 0 Å². The summed E-state index contributed by atoms with van der Waals surface area (Å²) in [5.41, 5.74) is 2.00. The summed E-state index contributed by atoms with van der Waals surface area (Å²) in [7, 11) is 0. The fraction of sp³-hybridized carbons (Fsp3) is 0.0952. The van der Waals surface area contributed by atoms with Gasteiger partial charge in [-0.25, -0.2) is 4.79 Å². The molecule has 148 valence electrons. The minimum absolute atomic E-state index is 0.155. The molecule has 1 heterocycles. The summed E-state index contributed by atoms with van der Waals surface area (Å²) in [5, 5.41) is 5.32. The maximum absolute atomic E-state index is 12.3. The Morgan fingerprint density at radius 3 is 2.48 bits per heavy atom. The summed E-state index contributed by atoms with van der Waals surface area (Å²) in [6.45, 7) is 1.36. The van der Waals surface area contributed by atoms with Crippen LogP contribution in [0.5, 0.6) is 0 Å². The van der Waals surface area contributed by atoms with Crippen LogP contribution in [-0.4, -0.2) is 24.4 Å². The van der Waals surface area contributed by atoms with Crippen LogP contribution in [0.25, 0.3) is 0 Å². The molecule has 0 unspecified atom stereocenters. The third kappa shape index (κ3) is 5.55. The Labute approximate surface area is 175 Å². The van der Waals surface area contributed by atoms with Crippen LogP contribution in [0.15, 0.2) is 69.8 Å². The molecule has 0 radical (unpaired) electrons. The van der Waals surface area contributed by atoms with Gasteiger partial charge in [0.25, 0.3) is 11.8 Å². The molecule has 0 saturated heterocycles. The van der Waals surface area contributed by atoms with Gasteiger partial charge in [-0.3, -0.25) is 9.59 Å². The highest BCUT2D eigenvalue weighted by Crippen LogP contribution is 2.19. The number of carbonyl (C=O) groups excluding carboxylic acids is 3. The smallest absolute Gasteiger partial charge is 0.338 e. The van der Waals surface area contributed by atoms with Gasteiger partial charge in [0.05, 0.1) is 11.8 Å². The monoisotopic (exact) mass is 456 g/mol. The standard InChI is InChI=1S/C21H17BrN2O5/c1-13-4-5-14(11-17(13)24-20(26)18-3-2-10-28-18)21(27)29-12-19(25)23-16-8-6-15(22)7-9-16/h2-11H,12H2,1H3,(H,23,25)(H,24,26). The molecule has 3 aromatic rings. The van der Waals surface area contributed by atoms with Crippen LogP contribution in [0.3, 0.4) is 0 Å². The maximum atomic E-state index is 12.3. The van der Waals surface area contributed by atoms with Crippen LogP contribution in [0.1, 0.15) is 26.5 Å². The summed E-state index contributed by atoms with van der Waals surface area (Å²) in [6.07, 6.45) is 1.40. The lowest BCUT2D eigenvalue weighted by atomic mass is 10.1. The molecule has 1 aromatic heterocycles. The van der Waals surface area contributed by atoms with Crippen LogP contribution < -0.4 is 10.6 Å². The second kappa shape index (κ2) is 9.20. The zero-order valence-corrected chi connectivity index (χ0v) is 17.0. The molecule has 29 heavy (non-hydrogen) atoms. The van der Waals surface area contributed by atoms with Crippen LogP contribution in [-0.2, 0) is 9.53 Å². The number of nitrogens with one attached hydrogen (secondary N) is 2. The Morgan fingerprint density at radius 1 is 1.03 bits per heavy atom. The normalized spacial score (nSPS) is 10.3. The Balaban J connectivity index is 1.59. The van der Waals surface area contributed by atoms with E-state index in [1.807, 2.05) is 0 Å². The van der Waals surface area contributed by atoms with Crippen molar-refractivity contribution in [3.05, 3.63) is 82.2 Å². The Morgan fingerprint density at radius 2 is 1.79 bits per heavy atom. The van der Waals surface area contributed by atoms with Gasteiger partial charge in [0.1, 0.15) is 0 Å². The molecule has 0 saturated carbocycles. The second-order valence-electron chi connectivity index (χ2n) is 6.09. The Kier molecular flexibility index (Phi) is 6.46. The first-order valence-electron chi connectivity index (χ1n) is 8.60. The molecule has 0 atom stereocenters. The minimum Gasteiger partial charge on any atom is -0.459 e. The van der Waals surface area contributed by atoms with E-state index in [1.54, 1.807) is 49.4 Å². The van der Waals surface area contributed by atoms with Gasteiger partial charge in [-0.1, -0.05) is 22.0 Å². The molecule has 3 rings (SSSR count). The van der Waals surface area contributed by atoms with Gasteiger partial charge in [-0.2, -0.15) is 0 Å². The lowest BCUT2D eigenvalue weighted by molar-refractivity contribution is -0.119. The molecular formula is C21H17BrN2O5. The molecule has 0 aliphatic carbocycles. The second-order valence-corrected chi connectivity index (χ2v) is 7.01. The topological polar surface area (TPSA) is 97.6 Å². The highest BCUT2D eigenvalue weighted by molar-refractivity contribution is 9.10. The molecule has 7 nitrogen and oxygen atoms in total. The maximum Gasteiger partial charge on any atom is 0.338 e. The summed E-state index contributed by atoms with van der Waals surface area (Å²) in [6, 6.07) is 14.9. The number of anilines is 2. The van der Waals surface area contributed by atoms with Crippen molar-refractivity contribution in [2.45, 2.75) is 6.92 Å². The van der Waals surface area contributed by atoms with E-state index >= 15 is 0 Å². The molecular weight excluding hydrogens is 440 g/mol. The molecule has 0 spiro atoms. The average molecular weight is 457 g/mol. The van der Waals surface area contributed by atoms with E-state index in [9.17, 15) is 14.4 Å². The molecule has 0 aliphatic heterocycles. The van der Waals surface area contributed by atoms with E-state index in [2.05, 4.69) is 26.6 Å². The number of carbonyl (C=O) groups is 3. The number of ether oxygens (including phenoxy) is 1. The first-order valence-corrected chi connectivity index (χ1v) is 9.40. The Bertz CT molecular complexity index is 1030.